The summed E-state index contributed by atoms with van der Waals surface area (Å²) in [6.45, 7) is 5.86. The molecular weight excluding hydrogens is 362 g/mol. The largest absolute Gasteiger partial charge is 0.490 e. The van der Waals surface area contributed by atoms with Crippen LogP contribution in [0.4, 0.5) is 0 Å². The molecular formula is C20H21N3O3S. The van der Waals surface area contributed by atoms with E-state index in [2.05, 4.69) is 23.9 Å². The molecule has 0 spiro atoms. The Morgan fingerprint density at radius 1 is 1.15 bits per heavy atom. The molecule has 4 rings (SSSR count). The van der Waals surface area contributed by atoms with E-state index in [0.717, 1.165) is 28.4 Å². The highest BCUT2D eigenvalue weighted by Gasteiger charge is 2.13. The first kappa shape index (κ1) is 17.7. The van der Waals surface area contributed by atoms with Gasteiger partial charge >= 0.3 is 0 Å². The first-order valence-corrected chi connectivity index (χ1v) is 9.90. The molecule has 1 aromatic carbocycles. The first-order chi connectivity index (χ1) is 13.1. The lowest BCUT2D eigenvalue weighted by Gasteiger charge is -2.10. The maximum absolute atomic E-state index is 12.3. The van der Waals surface area contributed by atoms with Gasteiger partial charge in [0.25, 0.3) is 5.56 Å². The van der Waals surface area contributed by atoms with Gasteiger partial charge in [-0.2, -0.15) is 5.10 Å². The second-order valence-electron chi connectivity index (χ2n) is 6.76. The molecule has 0 saturated heterocycles. The van der Waals surface area contributed by atoms with Gasteiger partial charge < -0.3 is 9.47 Å². The molecule has 0 saturated carbocycles. The molecule has 0 radical (unpaired) electrons. The molecule has 0 aliphatic carbocycles. The highest BCUT2D eigenvalue weighted by Crippen LogP contribution is 2.33. The van der Waals surface area contributed by atoms with E-state index in [1.807, 2.05) is 23.6 Å². The SMILES string of the molecule is CC(C)c1nc(Cn2nc(-c3ccc4c(c3)OCCCO4)ccc2=O)cs1. The number of nitrogens with zero attached hydrogens (tertiary/aromatic N) is 3. The molecule has 3 heterocycles. The minimum absolute atomic E-state index is 0.146. The number of fused-ring (bicyclic) bond motifs is 1. The van der Waals surface area contributed by atoms with Gasteiger partial charge in [0, 0.05) is 29.3 Å². The number of ether oxygens (including phenoxy) is 2. The van der Waals surface area contributed by atoms with Crippen LogP contribution in [0.3, 0.4) is 0 Å². The van der Waals surface area contributed by atoms with Crippen LogP contribution in [0.15, 0.2) is 40.5 Å². The van der Waals surface area contributed by atoms with Gasteiger partial charge in [-0.05, 0) is 24.3 Å². The van der Waals surface area contributed by atoms with Crippen LogP contribution in [0.5, 0.6) is 11.5 Å². The van der Waals surface area contributed by atoms with Crippen LogP contribution in [0.25, 0.3) is 11.3 Å². The smallest absolute Gasteiger partial charge is 0.267 e. The topological polar surface area (TPSA) is 66.2 Å². The molecule has 0 bridgehead atoms. The fourth-order valence-electron chi connectivity index (χ4n) is 2.85. The van der Waals surface area contributed by atoms with Crippen LogP contribution in [0.1, 0.15) is 36.9 Å². The summed E-state index contributed by atoms with van der Waals surface area (Å²) in [4.78, 5) is 16.9. The van der Waals surface area contributed by atoms with Crippen molar-refractivity contribution in [2.75, 3.05) is 13.2 Å². The molecule has 0 amide bonds. The van der Waals surface area contributed by atoms with Crippen LogP contribution in [-0.2, 0) is 6.54 Å². The van der Waals surface area contributed by atoms with Crippen LogP contribution in [-0.4, -0.2) is 28.0 Å². The number of aromatic nitrogens is 3. The molecule has 1 aliphatic rings. The summed E-state index contributed by atoms with van der Waals surface area (Å²) in [7, 11) is 0. The van der Waals surface area contributed by atoms with Crippen molar-refractivity contribution in [1.82, 2.24) is 14.8 Å². The van der Waals surface area contributed by atoms with Gasteiger partial charge in [0.2, 0.25) is 0 Å². The predicted molar refractivity (Wildman–Crippen MR) is 105 cm³/mol. The monoisotopic (exact) mass is 383 g/mol. The van der Waals surface area contributed by atoms with E-state index in [0.29, 0.717) is 37.1 Å². The van der Waals surface area contributed by atoms with Gasteiger partial charge in [0.15, 0.2) is 11.5 Å². The predicted octanol–water partition coefficient (Wildman–Crippen LogP) is 3.70. The number of thiazole rings is 1. The van der Waals surface area contributed by atoms with E-state index in [-0.39, 0.29) is 5.56 Å². The second-order valence-corrected chi connectivity index (χ2v) is 7.65. The number of hydrogen-bond acceptors (Lipinski definition) is 6. The number of rotatable bonds is 4. The molecule has 0 N–H and O–H groups in total. The maximum atomic E-state index is 12.3. The van der Waals surface area contributed by atoms with E-state index in [1.54, 1.807) is 23.5 Å². The van der Waals surface area contributed by atoms with Crippen molar-refractivity contribution in [2.24, 2.45) is 0 Å². The van der Waals surface area contributed by atoms with Gasteiger partial charge in [0.05, 0.1) is 36.2 Å². The number of benzene rings is 1. The Balaban J connectivity index is 1.64. The molecule has 140 valence electrons. The van der Waals surface area contributed by atoms with Crippen LogP contribution in [0, 0.1) is 0 Å². The molecule has 7 heteroatoms. The van der Waals surface area contributed by atoms with E-state index >= 15 is 0 Å². The number of hydrogen-bond donors (Lipinski definition) is 0. The normalized spacial score (nSPS) is 13.6. The summed E-state index contributed by atoms with van der Waals surface area (Å²) in [5.74, 6) is 1.83. The van der Waals surface area contributed by atoms with Crippen molar-refractivity contribution in [3.05, 3.63) is 56.8 Å². The van der Waals surface area contributed by atoms with Crippen LogP contribution < -0.4 is 15.0 Å². The minimum Gasteiger partial charge on any atom is -0.490 e. The zero-order valence-electron chi connectivity index (χ0n) is 15.3. The Labute approximate surface area is 161 Å². The zero-order chi connectivity index (χ0) is 18.8. The third-order valence-corrected chi connectivity index (χ3v) is 5.48. The van der Waals surface area contributed by atoms with Gasteiger partial charge in [-0.1, -0.05) is 13.8 Å². The van der Waals surface area contributed by atoms with Crippen molar-refractivity contribution >= 4 is 11.3 Å². The lowest BCUT2D eigenvalue weighted by Crippen LogP contribution is -2.23. The third kappa shape index (κ3) is 3.88. The Hall–Kier alpha value is -2.67. The molecule has 2 aromatic heterocycles. The minimum atomic E-state index is -0.146. The maximum Gasteiger partial charge on any atom is 0.267 e. The first-order valence-electron chi connectivity index (χ1n) is 9.02. The average molecular weight is 383 g/mol. The quantitative estimate of drug-likeness (QED) is 0.687. The highest BCUT2D eigenvalue weighted by molar-refractivity contribution is 7.09. The van der Waals surface area contributed by atoms with Crippen molar-refractivity contribution in [3.8, 4) is 22.8 Å². The molecule has 6 nitrogen and oxygen atoms in total. The van der Waals surface area contributed by atoms with Gasteiger partial charge in [-0.25, -0.2) is 9.67 Å². The fraction of sp³-hybridized carbons (Fsp3) is 0.350. The summed E-state index contributed by atoms with van der Waals surface area (Å²) in [5.41, 5.74) is 2.31. The third-order valence-electron chi connectivity index (χ3n) is 4.29. The lowest BCUT2D eigenvalue weighted by molar-refractivity contribution is 0.297. The summed E-state index contributed by atoms with van der Waals surface area (Å²) >= 11 is 1.62. The molecule has 0 unspecified atom stereocenters. The molecule has 27 heavy (non-hydrogen) atoms. The Kier molecular flexibility index (Phi) is 4.94. The fourth-order valence-corrected chi connectivity index (χ4v) is 3.68. The van der Waals surface area contributed by atoms with Crippen molar-refractivity contribution in [2.45, 2.75) is 32.7 Å². The summed E-state index contributed by atoms with van der Waals surface area (Å²) in [6, 6.07) is 9.02. The van der Waals surface area contributed by atoms with E-state index in [1.165, 1.54) is 4.68 Å². The van der Waals surface area contributed by atoms with Crippen LogP contribution >= 0.6 is 11.3 Å². The second kappa shape index (κ2) is 7.52. The van der Waals surface area contributed by atoms with E-state index in [4.69, 9.17) is 9.47 Å². The standard InChI is InChI=1S/C20H21N3O3S/c1-13(2)20-21-15(12-27-20)11-23-19(24)7-5-16(22-23)14-4-6-17-18(10-14)26-9-3-8-25-17/h4-7,10,12-13H,3,8-9,11H2,1-2H3. The van der Waals surface area contributed by atoms with Crippen molar-refractivity contribution < 1.29 is 9.47 Å². The molecule has 1 aliphatic heterocycles. The molecule has 0 fully saturated rings. The summed E-state index contributed by atoms with van der Waals surface area (Å²) < 4.78 is 12.9. The van der Waals surface area contributed by atoms with Crippen molar-refractivity contribution in [1.29, 1.82) is 0 Å². The van der Waals surface area contributed by atoms with Crippen molar-refractivity contribution in [3.63, 3.8) is 0 Å². The van der Waals surface area contributed by atoms with Gasteiger partial charge in [-0.3, -0.25) is 4.79 Å². The lowest BCUT2D eigenvalue weighted by atomic mass is 10.1. The molecule has 0 atom stereocenters. The molecule has 3 aromatic rings. The summed E-state index contributed by atoms with van der Waals surface area (Å²) in [5, 5.41) is 7.59. The Morgan fingerprint density at radius 2 is 1.96 bits per heavy atom. The summed E-state index contributed by atoms with van der Waals surface area (Å²) in [6.07, 6.45) is 0.860. The highest BCUT2D eigenvalue weighted by atomic mass is 32.1. The van der Waals surface area contributed by atoms with E-state index in [9.17, 15) is 4.79 Å². The average Bonchev–Trinajstić information content (AvgIpc) is 3.00. The van der Waals surface area contributed by atoms with Crippen LogP contribution in [0.2, 0.25) is 0 Å². The van der Waals surface area contributed by atoms with E-state index < -0.39 is 0 Å². The Bertz CT molecular complexity index is 1010. The zero-order valence-corrected chi connectivity index (χ0v) is 16.2. The Morgan fingerprint density at radius 3 is 2.74 bits per heavy atom. The van der Waals surface area contributed by atoms with Gasteiger partial charge in [-0.15, -0.1) is 11.3 Å². The van der Waals surface area contributed by atoms with Gasteiger partial charge in [0.1, 0.15) is 0 Å².